The van der Waals surface area contributed by atoms with Crippen LogP contribution < -0.4 is 15.5 Å². The van der Waals surface area contributed by atoms with Crippen molar-refractivity contribution in [2.45, 2.75) is 24.2 Å². The predicted octanol–water partition coefficient (Wildman–Crippen LogP) is 2.64. The Balaban J connectivity index is 1.52. The summed E-state index contributed by atoms with van der Waals surface area (Å²) in [6.45, 7) is 2.16. The zero-order valence-corrected chi connectivity index (χ0v) is 17.3. The number of piperidine rings is 1. The summed E-state index contributed by atoms with van der Waals surface area (Å²) in [7, 11) is -3.61. The number of carbonyl (C=O) groups is 2. The summed E-state index contributed by atoms with van der Waals surface area (Å²) < 4.78 is 27.3. The lowest BCUT2D eigenvalue weighted by molar-refractivity contribution is 0.102. The molecule has 8 nitrogen and oxygen atoms in total. The van der Waals surface area contributed by atoms with Crippen molar-refractivity contribution in [3.05, 3.63) is 54.1 Å². The fourth-order valence-corrected chi connectivity index (χ4v) is 5.29. The molecule has 30 heavy (non-hydrogen) atoms. The molecule has 0 unspecified atom stereocenters. The van der Waals surface area contributed by atoms with Gasteiger partial charge >= 0.3 is 6.03 Å². The molecule has 0 bridgehead atoms. The van der Waals surface area contributed by atoms with Crippen LogP contribution in [0.25, 0.3) is 0 Å². The van der Waals surface area contributed by atoms with Gasteiger partial charge in [0.1, 0.15) is 0 Å². The first-order valence-electron chi connectivity index (χ1n) is 10.0. The monoisotopic (exact) mass is 428 g/mol. The third-order valence-electron chi connectivity index (χ3n) is 5.32. The van der Waals surface area contributed by atoms with Crippen molar-refractivity contribution < 1.29 is 18.0 Å². The average molecular weight is 429 g/mol. The van der Waals surface area contributed by atoms with Crippen LogP contribution in [-0.2, 0) is 10.0 Å². The molecule has 9 heteroatoms. The lowest BCUT2D eigenvalue weighted by atomic mass is 10.2. The Kier molecular flexibility index (Phi) is 5.74. The molecule has 0 aromatic heterocycles. The van der Waals surface area contributed by atoms with Crippen LogP contribution in [0.2, 0.25) is 0 Å². The summed E-state index contributed by atoms with van der Waals surface area (Å²) in [6.07, 6.45) is 2.74. The molecule has 0 radical (unpaired) electrons. The van der Waals surface area contributed by atoms with E-state index in [-0.39, 0.29) is 16.5 Å². The summed E-state index contributed by atoms with van der Waals surface area (Å²) in [5.41, 5.74) is 1.48. The summed E-state index contributed by atoms with van der Waals surface area (Å²) in [4.78, 5) is 26.3. The molecule has 2 fully saturated rings. The Labute approximate surface area is 175 Å². The smallest absolute Gasteiger partial charge is 0.321 e. The molecule has 0 spiro atoms. The van der Waals surface area contributed by atoms with Crippen LogP contribution in [0.3, 0.4) is 0 Å². The second kappa shape index (κ2) is 8.45. The molecule has 2 aliphatic heterocycles. The van der Waals surface area contributed by atoms with Crippen LogP contribution in [-0.4, -0.2) is 50.8 Å². The van der Waals surface area contributed by atoms with E-state index >= 15 is 0 Å². The van der Waals surface area contributed by atoms with E-state index in [0.29, 0.717) is 37.6 Å². The van der Waals surface area contributed by atoms with E-state index in [1.54, 1.807) is 41.3 Å². The predicted molar refractivity (Wildman–Crippen MR) is 114 cm³/mol. The molecule has 4 rings (SSSR count). The zero-order chi connectivity index (χ0) is 21.1. The number of benzene rings is 2. The number of urea groups is 1. The largest absolute Gasteiger partial charge is 0.336 e. The van der Waals surface area contributed by atoms with Crippen molar-refractivity contribution in [1.82, 2.24) is 9.62 Å². The van der Waals surface area contributed by atoms with Gasteiger partial charge in [-0.15, -0.1) is 0 Å². The highest BCUT2D eigenvalue weighted by atomic mass is 32.2. The first-order valence-corrected chi connectivity index (χ1v) is 11.5. The minimum atomic E-state index is -3.61. The van der Waals surface area contributed by atoms with Crippen molar-refractivity contribution in [3.8, 4) is 0 Å². The van der Waals surface area contributed by atoms with Crippen molar-refractivity contribution in [1.29, 1.82) is 0 Å². The van der Waals surface area contributed by atoms with E-state index in [1.807, 2.05) is 0 Å². The lowest BCUT2D eigenvalue weighted by Crippen LogP contribution is -2.35. The first-order chi connectivity index (χ1) is 14.4. The van der Waals surface area contributed by atoms with Gasteiger partial charge in [-0.25, -0.2) is 13.2 Å². The number of sulfonamides is 1. The fourth-order valence-electron chi connectivity index (χ4n) is 3.72. The molecule has 2 aliphatic rings. The summed E-state index contributed by atoms with van der Waals surface area (Å²) in [5, 5.41) is 5.53. The second-order valence-corrected chi connectivity index (χ2v) is 9.32. The van der Waals surface area contributed by atoms with E-state index in [1.165, 1.54) is 16.4 Å². The van der Waals surface area contributed by atoms with E-state index in [9.17, 15) is 18.0 Å². The van der Waals surface area contributed by atoms with Crippen molar-refractivity contribution >= 4 is 33.3 Å². The molecule has 2 aromatic carbocycles. The highest BCUT2D eigenvalue weighted by molar-refractivity contribution is 7.89. The third-order valence-corrected chi connectivity index (χ3v) is 7.22. The number of anilines is 2. The van der Waals surface area contributed by atoms with Crippen LogP contribution in [0.4, 0.5) is 16.2 Å². The topological polar surface area (TPSA) is 98.8 Å². The quantitative estimate of drug-likeness (QED) is 0.765. The van der Waals surface area contributed by atoms with Gasteiger partial charge in [0.2, 0.25) is 10.0 Å². The molecule has 0 saturated carbocycles. The molecule has 2 N–H and O–H groups in total. The normalized spacial score (nSPS) is 17.6. The Morgan fingerprint density at radius 1 is 0.967 bits per heavy atom. The number of nitrogens with one attached hydrogen (secondary N) is 2. The fraction of sp³-hybridized carbons (Fsp3) is 0.333. The average Bonchev–Trinajstić information content (AvgIpc) is 3.20. The highest BCUT2D eigenvalue weighted by Crippen LogP contribution is 2.23. The second-order valence-electron chi connectivity index (χ2n) is 7.38. The molecule has 158 valence electrons. The standard InChI is InChI=1S/C21H24N4O4S/c26-20(23-17-7-5-8-18(15-17)25-13-10-22-21(25)27)16-6-4-9-19(14-16)30(28,29)24-11-2-1-3-12-24/h4-9,14-15H,1-3,10-13H2,(H,22,27)(H,23,26). The molecule has 2 aromatic rings. The number of amides is 3. The van der Waals surface area contributed by atoms with Gasteiger partial charge in [-0.1, -0.05) is 18.6 Å². The highest BCUT2D eigenvalue weighted by Gasteiger charge is 2.26. The first kappa shape index (κ1) is 20.4. The van der Waals surface area contributed by atoms with Gasteiger partial charge in [-0.2, -0.15) is 4.31 Å². The molecule has 3 amide bonds. The Morgan fingerprint density at radius 3 is 2.47 bits per heavy atom. The van der Waals surface area contributed by atoms with E-state index in [4.69, 9.17) is 0 Å². The summed E-state index contributed by atoms with van der Waals surface area (Å²) >= 11 is 0. The van der Waals surface area contributed by atoms with Crippen molar-refractivity contribution in [3.63, 3.8) is 0 Å². The van der Waals surface area contributed by atoms with Gasteiger partial charge in [0.05, 0.1) is 4.90 Å². The van der Waals surface area contributed by atoms with Gasteiger partial charge in [-0.05, 0) is 49.2 Å². The Bertz CT molecular complexity index is 1060. The lowest BCUT2D eigenvalue weighted by Gasteiger charge is -2.26. The van der Waals surface area contributed by atoms with Crippen LogP contribution in [0.15, 0.2) is 53.4 Å². The molecular formula is C21H24N4O4S. The van der Waals surface area contributed by atoms with Crippen LogP contribution in [0, 0.1) is 0 Å². The summed E-state index contributed by atoms with van der Waals surface area (Å²) in [6, 6.07) is 12.9. The minimum Gasteiger partial charge on any atom is -0.336 e. The van der Waals surface area contributed by atoms with E-state index in [0.717, 1.165) is 19.3 Å². The van der Waals surface area contributed by atoms with Crippen LogP contribution in [0.5, 0.6) is 0 Å². The van der Waals surface area contributed by atoms with Gasteiger partial charge in [0, 0.05) is 43.1 Å². The maximum absolute atomic E-state index is 12.9. The third kappa shape index (κ3) is 4.17. The van der Waals surface area contributed by atoms with Gasteiger partial charge < -0.3 is 10.6 Å². The molecular weight excluding hydrogens is 404 g/mol. The SMILES string of the molecule is O=C(Nc1cccc(N2CCNC2=O)c1)c1cccc(S(=O)(=O)N2CCCCC2)c1. The van der Waals surface area contributed by atoms with E-state index in [2.05, 4.69) is 10.6 Å². The van der Waals surface area contributed by atoms with Gasteiger partial charge in [0.15, 0.2) is 0 Å². The van der Waals surface area contributed by atoms with Crippen LogP contribution in [0.1, 0.15) is 29.6 Å². The van der Waals surface area contributed by atoms with Crippen LogP contribution >= 0.6 is 0 Å². The Morgan fingerprint density at radius 2 is 1.73 bits per heavy atom. The zero-order valence-electron chi connectivity index (χ0n) is 16.5. The number of hydrogen-bond donors (Lipinski definition) is 2. The molecule has 2 heterocycles. The number of rotatable bonds is 5. The molecule has 2 saturated heterocycles. The number of nitrogens with zero attached hydrogens (tertiary/aromatic N) is 2. The van der Waals surface area contributed by atoms with Gasteiger partial charge in [0.25, 0.3) is 5.91 Å². The number of hydrogen-bond acceptors (Lipinski definition) is 4. The van der Waals surface area contributed by atoms with Gasteiger partial charge in [-0.3, -0.25) is 9.69 Å². The number of carbonyl (C=O) groups excluding carboxylic acids is 2. The maximum Gasteiger partial charge on any atom is 0.321 e. The molecule has 0 atom stereocenters. The summed E-state index contributed by atoms with van der Waals surface area (Å²) in [5.74, 6) is -0.409. The van der Waals surface area contributed by atoms with E-state index < -0.39 is 15.9 Å². The van der Waals surface area contributed by atoms with Crippen molar-refractivity contribution in [2.75, 3.05) is 36.4 Å². The Hall–Kier alpha value is -2.91. The molecule has 0 aliphatic carbocycles. The maximum atomic E-state index is 12.9. The minimum absolute atomic E-state index is 0.125. The van der Waals surface area contributed by atoms with Crippen molar-refractivity contribution in [2.24, 2.45) is 0 Å².